The van der Waals surface area contributed by atoms with E-state index in [1.54, 1.807) is 6.07 Å². The molecule has 0 aliphatic heterocycles. The van der Waals surface area contributed by atoms with Gasteiger partial charge in [-0.05, 0) is 49.1 Å². The van der Waals surface area contributed by atoms with E-state index in [0.29, 0.717) is 17.4 Å². The molecule has 0 aromatic heterocycles. The number of rotatable bonds is 3. The normalized spacial score (nSPS) is 29.2. The Bertz CT molecular complexity index is 433. The first kappa shape index (κ1) is 14.5. The maximum Gasteiger partial charge on any atom is 0.128 e. The van der Waals surface area contributed by atoms with Crippen LogP contribution < -0.4 is 11.3 Å². The van der Waals surface area contributed by atoms with Crippen LogP contribution in [0.2, 0.25) is 0 Å². The van der Waals surface area contributed by atoms with E-state index >= 15 is 0 Å². The number of nitrogens with two attached hydrogens (primary N) is 1. The maximum atomic E-state index is 14.1. The molecule has 1 saturated carbocycles. The lowest BCUT2D eigenvalue weighted by Gasteiger charge is -2.36. The highest BCUT2D eigenvalue weighted by Gasteiger charge is 2.31. The lowest BCUT2D eigenvalue weighted by molar-refractivity contribution is 0.169. The highest BCUT2D eigenvalue weighted by Crippen LogP contribution is 2.40. The van der Waals surface area contributed by atoms with Gasteiger partial charge in [-0.15, -0.1) is 0 Å². The van der Waals surface area contributed by atoms with Gasteiger partial charge in [-0.1, -0.05) is 32.4 Å². The molecular weight excluding hydrogens is 239 g/mol. The zero-order valence-corrected chi connectivity index (χ0v) is 12.1. The van der Waals surface area contributed by atoms with Gasteiger partial charge in [0.15, 0.2) is 0 Å². The number of hydrazine groups is 1. The summed E-state index contributed by atoms with van der Waals surface area (Å²) in [7, 11) is 0. The van der Waals surface area contributed by atoms with Crippen molar-refractivity contribution in [1.82, 2.24) is 5.43 Å². The molecule has 3 N–H and O–H groups in total. The third kappa shape index (κ3) is 3.15. The minimum Gasteiger partial charge on any atom is -0.271 e. The van der Waals surface area contributed by atoms with E-state index in [2.05, 4.69) is 19.3 Å². The number of halogens is 1. The third-order valence-corrected chi connectivity index (χ3v) is 4.78. The summed E-state index contributed by atoms with van der Waals surface area (Å²) < 4.78 is 14.1. The Labute approximate surface area is 115 Å². The van der Waals surface area contributed by atoms with E-state index < -0.39 is 0 Å². The van der Waals surface area contributed by atoms with E-state index in [1.807, 2.05) is 19.1 Å². The molecule has 106 valence electrons. The zero-order valence-electron chi connectivity index (χ0n) is 12.1. The van der Waals surface area contributed by atoms with E-state index in [1.165, 1.54) is 6.42 Å². The summed E-state index contributed by atoms with van der Waals surface area (Å²) in [6, 6.07) is 5.35. The molecule has 0 radical (unpaired) electrons. The van der Waals surface area contributed by atoms with Gasteiger partial charge >= 0.3 is 0 Å². The quantitative estimate of drug-likeness (QED) is 0.645. The fraction of sp³-hybridized carbons (Fsp3) is 0.625. The molecule has 0 spiro atoms. The monoisotopic (exact) mass is 264 g/mol. The zero-order chi connectivity index (χ0) is 14.0. The van der Waals surface area contributed by atoms with E-state index in [0.717, 1.165) is 24.3 Å². The standard InChI is InChI=1S/C16H25FN2/c1-10-4-7-14(15(17)8-10)16(19-18)13-6-5-11(2)12(3)9-13/h4,7-8,11-13,16,19H,5-6,9,18H2,1-3H3. The Morgan fingerprint density at radius 2 is 2.00 bits per heavy atom. The van der Waals surface area contributed by atoms with Crippen molar-refractivity contribution in [2.45, 2.75) is 46.1 Å². The van der Waals surface area contributed by atoms with Crippen molar-refractivity contribution >= 4 is 0 Å². The number of hydrogen-bond acceptors (Lipinski definition) is 2. The molecule has 1 aromatic carbocycles. The van der Waals surface area contributed by atoms with Gasteiger partial charge in [0.2, 0.25) is 0 Å². The number of benzene rings is 1. The van der Waals surface area contributed by atoms with Crippen LogP contribution >= 0.6 is 0 Å². The molecule has 1 fully saturated rings. The summed E-state index contributed by atoms with van der Waals surface area (Å²) in [6.07, 6.45) is 3.44. The second-order valence-corrected chi connectivity index (χ2v) is 6.20. The van der Waals surface area contributed by atoms with E-state index in [-0.39, 0.29) is 11.9 Å². The van der Waals surface area contributed by atoms with Gasteiger partial charge in [0.05, 0.1) is 6.04 Å². The van der Waals surface area contributed by atoms with Gasteiger partial charge < -0.3 is 0 Å². The van der Waals surface area contributed by atoms with Crippen molar-refractivity contribution in [1.29, 1.82) is 0 Å². The van der Waals surface area contributed by atoms with Crippen molar-refractivity contribution in [3.63, 3.8) is 0 Å². The molecule has 2 rings (SSSR count). The van der Waals surface area contributed by atoms with Crippen LogP contribution in [0.3, 0.4) is 0 Å². The summed E-state index contributed by atoms with van der Waals surface area (Å²) >= 11 is 0. The largest absolute Gasteiger partial charge is 0.271 e. The first-order valence-corrected chi connectivity index (χ1v) is 7.25. The van der Waals surface area contributed by atoms with Crippen molar-refractivity contribution in [3.05, 3.63) is 35.1 Å². The third-order valence-electron chi connectivity index (χ3n) is 4.78. The van der Waals surface area contributed by atoms with Crippen LogP contribution in [-0.2, 0) is 0 Å². The Hall–Kier alpha value is -0.930. The molecule has 0 bridgehead atoms. The molecule has 19 heavy (non-hydrogen) atoms. The van der Waals surface area contributed by atoms with Crippen LogP contribution in [0.25, 0.3) is 0 Å². The van der Waals surface area contributed by atoms with Crippen molar-refractivity contribution in [2.75, 3.05) is 0 Å². The molecule has 1 aromatic rings. The molecule has 3 heteroatoms. The fourth-order valence-electron chi connectivity index (χ4n) is 3.26. The lowest BCUT2D eigenvalue weighted by Crippen LogP contribution is -2.37. The van der Waals surface area contributed by atoms with Crippen molar-refractivity contribution < 1.29 is 4.39 Å². The van der Waals surface area contributed by atoms with Crippen LogP contribution in [0.4, 0.5) is 4.39 Å². The second-order valence-electron chi connectivity index (χ2n) is 6.20. The van der Waals surface area contributed by atoms with Gasteiger partial charge in [0, 0.05) is 5.56 Å². The van der Waals surface area contributed by atoms with Gasteiger partial charge in [0.25, 0.3) is 0 Å². The first-order chi connectivity index (χ1) is 9.02. The predicted molar refractivity (Wildman–Crippen MR) is 76.9 cm³/mol. The Kier molecular flexibility index (Phi) is 4.58. The van der Waals surface area contributed by atoms with Crippen LogP contribution in [0, 0.1) is 30.5 Å². The van der Waals surface area contributed by atoms with Gasteiger partial charge in [-0.3, -0.25) is 11.3 Å². The average molecular weight is 264 g/mol. The molecule has 4 unspecified atom stereocenters. The van der Waals surface area contributed by atoms with E-state index in [9.17, 15) is 4.39 Å². The number of hydrogen-bond donors (Lipinski definition) is 2. The molecule has 0 saturated heterocycles. The van der Waals surface area contributed by atoms with Crippen LogP contribution in [-0.4, -0.2) is 0 Å². The molecule has 1 aliphatic rings. The van der Waals surface area contributed by atoms with Gasteiger partial charge in [-0.25, -0.2) is 4.39 Å². The highest BCUT2D eigenvalue weighted by atomic mass is 19.1. The minimum atomic E-state index is -0.144. The maximum absolute atomic E-state index is 14.1. The van der Waals surface area contributed by atoms with Crippen LogP contribution in [0.1, 0.15) is 50.3 Å². The number of aryl methyl sites for hydroxylation is 1. The van der Waals surface area contributed by atoms with Gasteiger partial charge in [-0.2, -0.15) is 0 Å². The lowest BCUT2D eigenvalue weighted by atomic mass is 9.72. The summed E-state index contributed by atoms with van der Waals surface area (Å²) in [5.41, 5.74) is 4.50. The Balaban J connectivity index is 2.20. The van der Waals surface area contributed by atoms with Crippen molar-refractivity contribution in [3.8, 4) is 0 Å². The predicted octanol–water partition coefficient (Wildman–Crippen LogP) is 3.71. The summed E-state index contributed by atoms with van der Waals surface area (Å²) in [4.78, 5) is 0. The first-order valence-electron chi connectivity index (χ1n) is 7.25. The highest BCUT2D eigenvalue weighted by molar-refractivity contribution is 5.26. The van der Waals surface area contributed by atoms with Crippen LogP contribution in [0.15, 0.2) is 18.2 Å². The fourth-order valence-corrected chi connectivity index (χ4v) is 3.26. The summed E-state index contributed by atoms with van der Waals surface area (Å²) in [5.74, 6) is 7.43. The molecule has 1 aliphatic carbocycles. The second kappa shape index (κ2) is 6.02. The summed E-state index contributed by atoms with van der Waals surface area (Å²) in [6.45, 7) is 6.50. The molecule has 0 amide bonds. The minimum absolute atomic E-state index is 0.0736. The van der Waals surface area contributed by atoms with Gasteiger partial charge in [0.1, 0.15) is 5.82 Å². The smallest absolute Gasteiger partial charge is 0.128 e. The molecule has 4 atom stereocenters. The summed E-state index contributed by atoms with van der Waals surface area (Å²) in [5, 5.41) is 0. The number of nitrogens with one attached hydrogen (secondary N) is 1. The van der Waals surface area contributed by atoms with Crippen molar-refractivity contribution in [2.24, 2.45) is 23.6 Å². The topological polar surface area (TPSA) is 38.0 Å². The molecular formula is C16H25FN2. The Morgan fingerprint density at radius 3 is 2.58 bits per heavy atom. The molecule has 2 nitrogen and oxygen atoms in total. The van der Waals surface area contributed by atoms with E-state index in [4.69, 9.17) is 5.84 Å². The van der Waals surface area contributed by atoms with Crippen LogP contribution in [0.5, 0.6) is 0 Å². The Morgan fingerprint density at radius 1 is 1.26 bits per heavy atom. The SMILES string of the molecule is Cc1ccc(C(NN)C2CCC(C)C(C)C2)c(F)c1. The average Bonchev–Trinajstić information content (AvgIpc) is 2.37. The molecule has 0 heterocycles.